The molecule has 1 rings (SSSR count). The van der Waals surface area contributed by atoms with Crippen LogP contribution in [0.3, 0.4) is 0 Å². The fraction of sp³-hybridized carbons (Fsp3) is 0.400. The molecule has 4 heteroatoms. The zero-order valence-electron chi connectivity index (χ0n) is 7.82. The van der Waals surface area contributed by atoms with Gasteiger partial charge in [-0.25, -0.2) is 0 Å². The van der Waals surface area contributed by atoms with Gasteiger partial charge in [-0.2, -0.15) is 13.2 Å². The number of alkyl halides is 3. The molecule has 0 aliphatic heterocycles. The van der Waals surface area contributed by atoms with Gasteiger partial charge >= 0.3 is 6.18 Å². The highest BCUT2D eigenvalue weighted by molar-refractivity contribution is 9.10. The first kappa shape index (κ1) is 11.6. The first-order chi connectivity index (χ1) is 6.25. The number of halogens is 4. The molecule has 0 spiro atoms. The Bertz CT molecular complexity index is 328. The lowest BCUT2D eigenvalue weighted by Crippen LogP contribution is -2.36. The molecular formula is C10H10BrF3. The van der Waals surface area contributed by atoms with Gasteiger partial charge in [-0.15, -0.1) is 0 Å². The minimum absolute atomic E-state index is 0.263. The summed E-state index contributed by atoms with van der Waals surface area (Å²) in [5.41, 5.74) is -1.55. The topological polar surface area (TPSA) is 0 Å². The van der Waals surface area contributed by atoms with Crippen LogP contribution in [0.1, 0.15) is 19.4 Å². The molecule has 0 aromatic heterocycles. The molecule has 0 heterocycles. The molecule has 0 unspecified atom stereocenters. The van der Waals surface area contributed by atoms with Gasteiger partial charge in [0, 0.05) is 4.47 Å². The molecule has 0 radical (unpaired) electrons. The normalized spacial score (nSPS) is 13.0. The van der Waals surface area contributed by atoms with Gasteiger partial charge in [0.25, 0.3) is 0 Å². The van der Waals surface area contributed by atoms with Crippen LogP contribution in [-0.4, -0.2) is 6.18 Å². The molecule has 0 nitrogen and oxygen atoms in total. The summed E-state index contributed by atoms with van der Waals surface area (Å²) in [6.45, 7) is 2.35. The van der Waals surface area contributed by atoms with E-state index in [9.17, 15) is 13.2 Å². The van der Waals surface area contributed by atoms with Crippen molar-refractivity contribution in [1.82, 2.24) is 0 Å². The predicted molar refractivity (Wildman–Crippen MR) is 53.2 cm³/mol. The number of hydrogen-bond acceptors (Lipinski definition) is 0. The Morgan fingerprint density at radius 3 is 2.14 bits per heavy atom. The molecule has 78 valence electrons. The van der Waals surface area contributed by atoms with Crippen molar-refractivity contribution in [2.24, 2.45) is 0 Å². The van der Waals surface area contributed by atoms with E-state index in [4.69, 9.17) is 0 Å². The Morgan fingerprint density at radius 2 is 1.71 bits per heavy atom. The number of rotatable bonds is 1. The number of hydrogen-bond donors (Lipinski definition) is 0. The van der Waals surface area contributed by atoms with E-state index in [0.717, 1.165) is 0 Å². The molecule has 0 N–H and O–H groups in total. The Labute approximate surface area is 89.3 Å². The van der Waals surface area contributed by atoms with Crippen LogP contribution in [0, 0.1) is 0 Å². The van der Waals surface area contributed by atoms with E-state index in [1.807, 2.05) is 0 Å². The molecule has 0 aliphatic rings. The predicted octanol–water partition coefficient (Wildman–Crippen LogP) is 4.29. The van der Waals surface area contributed by atoms with Crippen molar-refractivity contribution < 1.29 is 13.2 Å². The third kappa shape index (κ3) is 2.11. The second-order valence-electron chi connectivity index (χ2n) is 3.63. The van der Waals surface area contributed by atoms with Crippen molar-refractivity contribution in [3.8, 4) is 0 Å². The summed E-state index contributed by atoms with van der Waals surface area (Å²) in [6.07, 6.45) is -4.23. The van der Waals surface area contributed by atoms with Gasteiger partial charge in [-0.1, -0.05) is 28.1 Å². The molecule has 14 heavy (non-hydrogen) atoms. The minimum atomic E-state index is -4.23. The summed E-state index contributed by atoms with van der Waals surface area (Å²) in [4.78, 5) is 0. The van der Waals surface area contributed by atoms with Crippen molar-refractivity contribution in [2.45, 2.75) is 25.4 Å². The maximum Gasteiger partial charge on any atom is 0.397 e. The van der Waals surface area contributed by atoms with E-state index in [0.29, 0.717) is 4.47 Å². The van der Waals surface area contributed by atoms with Crippen LogP contribution in [0.4, 0.5) is 13.2 Å². The van der Waals surface area contributed by atoms with Crippen molar-refractivity contribution >= 4 is 15.9 Å². The van der Waals surface area contributed by atoms with E-state index < -0.39 is 11.6 Å². The van der Waals surface area contributed by atoms with Gasteiger partial charge in [0.1, 0.15) is 0 Å². The van der Waals surface area contributed by atoms with Gasteiger partial charge in [0.05, 0.1) is 5.41 Å². The summed E-state index contributed by atoms with van der Waals surface area (Å²) >= 11 is 3.15. The molecule has 0 aliphatic carbocycles. The summed E-state index contributed by atoms with van der Waals surface area (Å²) < 4.78 is 38.6. The Hall–Kier alpha value is -0.510. The van der Waals surface area contributed by atoms with Gasteiger partial charge < -0.3 is 0 Å². The van der Waals surface area contributed by atoms with E-state index in [2.05, 4.69) is 15.9 Å². The van der Waals surface area contributed by atoms with Crippen molar-refractivity contribution in [3.05, 3.63) is 34.3 Å². The van der Waals surface area contributed by atoms with Crippen molar-refractivity contribution in [1.29, 1.82) is 0 Å². The lowest BCUT2D eigenvalue weighted by molar-refractivity contribution is -0.180. The zero-order chi connectivity index (χ0) is 11.0. The second-order valence-corrected chi connectivity index (χ2v) is 4.55. The maximum atomic E-state index is 12.6. The quantitative estimate of drug-likeness (QED) is 0.712. The Morgan fingerprint density at radius 1 is 1.14 bits per heavy atom. The van der Waals surface area contributed by atoms with Gasteiger partial charge in [-0.3, -0.25) is 0 Å². The fourth-order valence-electron chi connectivity index (χ4n) is 1.04. The smallest absolute Gasteiger partial charge is 0.170 e. The lowest BCUT2D eigenvalue weighted by Gasteiger charge is -2.28. The molecule has 0 saturated heterocycles. The number of benzene rings is 1. The Kier molecular flexibility index (Phi) is 2.95. The molecule has 1 aromatic carbocycles. The molecular weight excluding hydrogens is 257 g/mol. The van der Waals surface area contributed by atoms with E-state index >= 15 is 0 Å². The highest BCUT2D eigenvalue weighted by Crippen LogP contribution is 2.40. The monoisotopic (exact) mass is 266 g/mol. The van der Waals surface area contributed by atoms with Gasteiger partial charge in [-0.05, 0) is 31.5 Å². The minimum Gasteiger partial charge on any atom is -0.170 e. The van der Waals surface area contributed by atoms with Crippen molar-refractivity contribution in [2.75, 3.05) is 0 Å². The van der Waals surface area contributed by atoms with Gasteiger partial charge in [0.2, 0.25) is 0 Å². The Balaban J connectivity index is 3.16. The lowest BCUT2D eigenvalue weighted by atomic mass is 9.84. The van der Waals surface area contributed by atoms with Crippen LogP contribution in [0.2, 0.25) is 0 Å². The van der Waals surface area contributed by atoms with Crippen molar-refractivity contribution in [3.63, 3.8) is 0 Å². The summed E-state index contributed by atoms with van der Waals surface area (Å²) in [5, 5.41) is 0. The SMILES string of the molecule is CC(C)(c1cccc(Br)c1)C(F)(F)F. The van der Waals surface area contributed by atoms with Crippen LogP contribution in [0.25, 0.3) is 0 Å². The first-order valence-corrected chi connectivity index (χ1v) is 4.87. The molecule has 0 bridgehead atoms. The summed E-state index contributed by atoms with van der Waals surface area (Å²) in [7, 11) is 0. The second kappa shape index (κ2) is 3.57. The third-order valence-electron chi connectivity index (χ3n) is 2.25. The summed E-state index contributed by atoms with van der Waals surface area (Å²) in [6, 6.07) is 6.29. The van der Waals surface area contributed by atoms with Crippen LogP contribution < -0.4 is 0 Å². The highest BCUT2D eigenvalue weighted by atomic mass is 79.9. The fourth-order valence-corrected chi connectivity index (χ4v) is 1.44. The first-order valence-electron chi connectivity index (χ1n) is 4.08. The molecule has 0 fully saturated rings. The van der Waals surface area contributed by atoms with Crippen LogP contribution in [0.15, 0.2) is 28.7 Å². The van der Waals surface area contributed by atoms with E-state index in [1.54, 1.807) is 12.1 Å². The van der Waals surface area contributed by atoms with Crippen LogP contribution >= 0.6 is 15.9 Å². The van der Waals surface area contributed by atoms with Crippen LogP contribution in [0.5, 0.6) is 0 Å². The van der Waals surface area contributed by atoms with E-state index in [-0.39, 0.29) is 5.56 Å². The molecule has 0 amide bonds. The standard InChI is InChI=1S/C10H10BrF3/c1-9(2,10(12,13)14)7-4-3-5-8(11)6-7/h3-6H,1-2H3. The molecule has 0 saturated carbocycles. The largest absolute Gasteiger partial charge is 0.397 e. The zero-order valence-corrected chi connectivity index (χ0v) is 9.41. The average molecular weight is 267 g/mol. The van der Waals surface area contributed by atoms with E-state index in [1.165, 1.54) is 26.0 Å². The molecule has 1 aromatic rings. The third-order valence-corrected chi connectivity index (χ3v) is 2.75. The maximum absolute atomic E-state index is 12.6. The van der Waals surface area contributed by atoms with Gasteiger partial charge in [0.15, 0.2) is 0 Å². The average Bonchev–Trinajstić information content (AvgIpc) is 2.02. The molecule has 0 atom stereocenters. The van der Waals surface area contributed by atoms with Crippen LogP contribution in [-0.2, 0) is 5.41 Å². The summed E-state index contributed by atoms with van der Waals surface area (Å²) in [5.74, 6) is 0. The highest BCUT2D eigenvalue weighted by Gasteiger charge is 2.48.